The summed E-state index contributed by atoms with van der Waals surface area (Å²) in [5.41, 5.74) is 3.17. The van der Waals surface area contributed by atoms with E-state index in [1.54, 1.807) is 25.1 Å². The van der Waals surface area contributed by atoms with Gasteiger partial charge in [0.2, 0.25) is 15.9 Å². The van der Waals surface area contributed by atoms with Gasteiger partial charge in [-0.25, -0.2) is 8.42 Å². The van der Waals surface area contributed by atoms with Crippen molar-refractivity contribution < 1.29 is 13.2 Å². The predicted molar refractivity (Wildman–Crippen MR) is 131 cm³/mol. The van der Waals surface area contributed by atoms with E-state index in [-0.39, 0.29) is 17.3 Å². The molecule has 2 aromatic rings. The smallest absolute Gasteiger partial charge is 0.243 e. The molecule has 0 atom stereocenters. The summed E-state index contributed by atoms with van der Waals surface area (Å²) in [5.74, 6) is -0.228. The third-order valence-electron chi connectivity index (χ3n) is 5.84. The van der Waals surface area contributed by atoms with Crippen LogP contribution in [-0.4, -0.2) is 51.4 Å². The molecule has 0 saturated carbocycles. The number of rotatable bonds is 9. The molecule has 174 valence electrons. The summed E-state index contributed by atoms with van der Waals surface area (Å²) in [6, 6.07) is 13.0. The maximum Gasteiger partial charge on any atom is 0.243 e. The highest BCUT2D eigenvalue weighted by molar-refractivity contribution is 7.89. The van der Waals surface area contributed by atoms with Crippen molar-refractivity contribution in [1.29, 1.82) is 0 Å². The van der Waals surface area contributed by atoms with Gasteiger partial charge in [-0.2, -0.15) is 4.31 Å². The highest BCUT2D eigenvalue weighted by atomic mass is 32.2. The van der Waals surface area contributed by atoms with E-state index in [0.29, 0.717) is 24.3 Å². The first-order valence-corrected chi connectivity index (χ1v) is 12.8. The zero-order chi connectivity index (χ0) is 23.1. The van der Waals surface area contributed by atoms with Crippen LogP contribution in [0.3, 0.4) is 0 Å². The maximum absolute atomic E-state index is 12.9. The molecule has 0 unspecified atom stereocenters. The van der Waals surface area contributed by atoms with Crippen molar-refractivity contribution in [1.82, 2.24) is 4.31 Å². The van der Waals surface area contributed by atoms with Gasteiger partial charge in [-0.1, -0.05) is 32.0 Å². The summed E-state index contributed by atoms with van der Waals surface area (Å²) in [7, 11) is -3.60. The minimum absolute atomic E-state index is 0.0941. The number of hydrogen-bond acceptors (Lipinski definition) is 5. The van der Waals surface area contributed by atoms with Crippen molar-refractivity contribution in [3.63, 3.8) is 0 Å². The number of anilines is 3. The van der Waals surface area contributed by atoms with Crippen LogP contribution in [0.15, 0.2) is 47.4 Å². The van der Waals surface area contributed by atoms with Gasteiger partial charge in [-0.15, -0.1) is 0 Å². The van der Waals surface area contributed by atoms with Crippen LogP contribution < -0.4 is 15.5 Å². The van der Waals surface area contributed by atoms with Gasteiger partial charge >= 0.3 is 0 Å². The summed E-state index contributed by atoms with van der Waals surface area (Å²) in [6.45, 7) is 8.34. The number of carbonyl (C=O) groups excluding carboxylic acids is 1. The zero-order valence-corrected chi connectivity index (χ0v) is 20.0. The maximum atomic E-state index is 12.9. The third kappa shape index (κ3) is 5.61. The number of hydrogen-bond donors (Lipinski definition) is 2. The molecule has 1 amide bonds. The fourth-order valence-corrected chi connectivity index (χ4v) is 5.78. The Morgan fingerprint density at radius 1 is 1.03 bits per heavy atom. The fraction of sp³-hybridized carbons (Fsp3) is 0.458. The molecule has 0 bridgehead atoms. The second-order valence-electron chi connectivity index (χ2n) is 8.04. The largest absolute Gasteiger partial charge is 0.374 e. The Morgan fingerprint density at radius 3 is 2.41 bits per heavy atom. The molecule has 1 heterocycles. The topological polar surface area (TPSA) is 81.8 Å². The Kier molecular flexibility index (Phi) is 8.15. The van der Waals surface area contributed by atoms with Crippen molar-refractivity contribution >= 4 is 33.0 Å². The number of piperidine rings is 1. The lowest BCUT2D eigenvalue weighted by Gasteiger charge is -2.30. The van der Waals surface area contributed by atoms with E-state index >= 15 is 0 Å². The minimum Gasteiger partial charge on any atom is -0.374 e. The number of sulfonamides is 1. The first kappa shape index (κ1) is 24.1. The van der Waals surface area contributed by atoms with Crippen LogP contribution in [0.25, 0.3) is 0 Å². The van der Waals surface area contributed by atoms with E-state index in [0.717, 1.165) is 24.5 Å². The molecule has 1 fully saturated rings. The van der Waals surface area contributed by atoms with Crippen LogP contribution >= 0.6 is 0 Å². The Balaban J connectivity index is 1.69. The Hall–Kier alpha value is -2.58. The van der Waals surface area contributed by atoms with Crippen molar-refractivity contribution in [3.05, 3.63) is 48.0 Å². The number of nitrogens with zero attached hydrogens (tertiary/aromatic N) is 2. The number of aryl methyl sites for hydroxylation is 1. The van der Waals surface area contributed by atoms with Gasteiger partial charge in [0.25, 0.3) is 0 Å². The minimum atomic E-state index is -3.60. The molecule has 0 radical (unpaired) electrons. The molecule has 2 aromatic carbocycles. The lowest BCUT2D eigenvalue weighted by molar-refractivity contribution is -0.114. The van der Waals surface area contributed by atoms with Gasteiger partial charge in [0, 0.05) is 31.9 Å². The van der Waals surface area contributed by atoms with Crippen molar-refractivity contribution in [2.75, 3.05) is 48.3 Å². The lowest BCUT2D eigenvalue weighted by atomic mass is 10.1. The number of para-hydroxylation sites is 2. The average molecular weight is 459 g/mol. The van der Waals surface area contributed by atoms with Gasteiger partial charge in [-0.3, -0.25) is 4.79 Å². The number of carbonyl (C=O) groups is 1. The van der Waals surface area contributed by atoms with E-state index in [4.69, 9.17) is 0 Å². The number of amides is 1. The predicted octanol–water partition coefficient (Wildman–Crippen LogP) is 4.07. The summed E-state index contributed by atoms with van der Waals surface area (Å²) in [6.07, 6.45) is 3.62. The fourth-order valence-electron chi connectivity index (χ4n) is 4.07. The molecule has 1 aliphatic heterocycles. The summed E-state index contributed by atoms with van der Waals surface area (Å²) >= 11 is 0. The van der Waals surface area contributed by atoms with Gasteiger partial charge in [0.1, 0.15) is 0 Å². The molecular formula is C24H34N4O3S. The summed E-state index contributed by atoms with van der Waals surface area (Å²) in [4.78, 5) is 15.2. The molecule has 8 heteroatoms. The zero-order valence-electron chi connectivity index (χ0n) is 19.2. The quantitative estimate of drug-likeness (QED) is 0.592. The standard InChI is InChI=1S/C24H34N4O3S/c1-4-28(5-2)32(30,31)23-17-20(14-13-19(23)3)26-24(29)18-25-21-11-7-8-12-22(21)27-15-9-6-10-16-27/h7-8,11-14,17,25H,4-6,9-10,15-16,18H2,1-3H3,(H,26,29). The van der Waals surface area contributed by atoms with Gasteiger partial charge < -0.3 is 15.5 Å². The first-order valence-electron chi connectivity index (χ1n) is 11.3. The van der Waals surface area contributed by atoms with Crippen LogP contribution in [0.1, 0.15) is 38.7 Å². The molecule has 32 heavy (non-hydrogen) atoms. The van der Waals surface area contributed by atoms with Crippen LogP contribution in [0, 0.1) is 6.92 Å². The van der Waals surface area contributed by atoms with Gasteiger partial charge in [0.05, 0.1) is 22.8 Å². The van der Waals surface area contributed by atoms with E-state index < -0.39 is 10.0 Å². The van der Waals surface area contributed by atoms with Crippen LogP contribution in [0.5, 0.6) is 0 Å². The Morgan fingerprint density at radius 2 is 1.72 bits per heavy atom. The molecular weight excluding hydrogens is 424 g/mol. The van der Waals surface area contributed by atoms with Crippen molar-refractivity contribution in [2.24, 2.45) is 0 Å². The average Bonchev–Trinajstić information content (AvgIpc) is 2.80. The molecule has 7 nitrogen and oxygen atoms in total. The molecule has 1 saturated heterocycles. The van der Waals surface area contributed by atoms with Crippen LogP contribution in [0.4, 0.5) is 17.1 Å². The Bertz CT molecular complexity index is 1030. The summed E-state index contributed by atoms with van der Waals surface area (Å²) < 4.78 is 27.3. The number of nitrogens with one attached hydrogen (secondary N) is 2. The second-order valence-corrected chi connectivity index (χ2v) is 9.94. The third-order valence-corrected chi connectivity index (χ3v) is 8.03. The van der Waals surface area contributed by atoms with Crippen molar-refractivity contribution in [2.45, 2.75) is 44.9 Å². The lowest BCUT2D eigenvalue weighted by Crippen LogP contribution is -2.31. The molecule has 3 rings (SSSR count). The van der Waals surface area contributed by atoms with Crippen molar-refractivity contribution in [3.8, 4) is 0 Å². The highest BCUT2D eigenvalue weighted by Crippen LogP contribution is 2.28. The summed E-state index contributed by atoms with van der Waals surface area (Å²) in [5, 5.41) is 6.07. The van der Waals surface area contributed by atoms with Crippen LogP contribution in [0.2, 0.25) is 0 Å². The van der Waals surface area contributed by atoms with E-state index in [1.807, 2.05) is 32.0 Å². The first-order chi connectivity index (χ1) is 15.4. The molecule has 0 spiro atoms. The molecule has 0 aliphatic carbocycles. The molecule has 0 aromatic heterocycles. The van der Waals surface area contributed by atoms with E-state index in [2.05, 4.69) is 21.6 Å². The normalized spacial score (nSPS) is 14.4. The van der Waals surface area contributed by atoms with Crippen LogP contribution in [-0.2, 0) is 14.8 Å². The second kappa shape index (κ2) is 10.8. The van der Waals surface area contributed by atoms with E-state index in [1.165, 1.54) is 23.6 Å². The highest BCUT2D eigenvalue weighted by Gasteiger charge is 2.24. The SMILES string of the molecule is CCN(CC)S(=O)(=O)c1cc(NC(=O)CNc2ccccc2N2CCCCC2)ccc1C. The Labute approximate surface area is 191 Å². The molecule has 2 N–H and O–H groups in total. The van der Waals surface area contributed by atoms with Gasteiger partial charge in [-0.05, 0) is 56.0 Å². The monoisotopic (exact) mass is 458 g/mol. The molecule has 1 aliphatic rings. The van der Waals surface area contributed by atoms with Gasteiger partial charge in [0.15, 0.2) is 0 Å². The number of benzene rings is 2. The van der Waals surface area contributed by atoms with E-state index in [9.17, 15) is 13.2 Å².